The Morgan fingerprint density at radius 3 is 2.11 bits per heavy atom. The second-order valence-electron chi connectivity index (χ2n) is 6.71. The summed E-state index contributed by atoms with van der Waals surface area (Å²) in [6, 6.07) is 14.7. The number of carbonyl (C=O) groups is 3. The van der Waals surface area contributed by atoms with Crippen molar-refractivity contribution in [3.8, 4) is 11.1 Å². The van der Waals surface area contributed by atoms with Crippen LogP contribution >= 0.6 is 0 Å². The minimum Gasteiger partial charge on any atom is -0.480 e. The lowest BCUT2D eigenvalue weighted by atomic mass is 9.98. The molecular weight excluding hydrogens is 360 g/mol. The molecule has 7 nitrogen and oxygen atoms in total. The number of nitrogens with zero attached hydrogens (tertiary/aromatic N) is 1. The van der Waals surface area contributed by atoms with Crippen LogP contribution in [-0.4, -0.2) is 54.2 Å². The smallest absolute Gasteiger partial charge is 0.410 e. The highest BCUT2D eigenvalue weighted by atomic mass is 16.6. The molecule has 1 aliphatic rings. The van der Waals surface area contributed by atoms with Gasteiger partial charge in [0.1, 0.15) is 12.6 Å². The molecule has 0 unspecified atom stereocenters. The van der Waals surface area contributed by atoms with E-state index in [0.29, 0.717) is 0 Å². The number of fused-ring (bicyclic) bond motifs is 3. The van der Waals surface area contributed by atoms with Gasteiger partial charge in [-0.15, -0.1) is 0 Å². The van der Waals surface area contributed by atoms with Gasteiger partial charge in [0.2, 0.25) is 5.91 Å². The lowest BCUT2D eigenvalue weighted by Crippen LogP contribution is -2.49. The van der Waals surface area contributed by atoms with Crippen molar-refractivity contribution in [1.29, 1.82) is 0 Å². The van der Waals surface area contributed by atoms with Crippen molar-refractivity contribution in [2.24, 2.45) is 0 Å². The summed E-state index contributed by atoms with van der Waals surface area (Å²) in [6.07, 6.45) is -0.750. The van der Waals surface area contributed by atoms with Crippen LogP contribution in [0.2, 0.25) is 0 Å². The molecule has 1 aliphatic carbocycles. The number of benzene rings is 2. The molecule has 0 saturated heterocycles. The molecule has 1 atom stereocenters. The largest absolute Gasteiger partial charge is 0.480 e. The van der Waals surface area contributed by atoms with E-state index in [-0.39, 0.29) is 25.0 Å². The maximum atomic E-state index is 12.4. The van der Waals surface area contributed by atoms with E-state index in [0.717, 1.165) is 27.2 Å². The van der Waals surface area contributed by atoms with Crippen molar-refractivity contribution in [1.82, 2.24) is 10.2 Å². The Hall–Kier alpha value is -3.35. The monoisotopic (exact) mass is 382 g/mol. The molecule has 2 N–H and O–H groups in total. The third-order valence-electron chi connectivity index (χ3n) is 4.92. The summed E-state index contributed by atoms with van der Waals surface area (Å²) in [5.74, 6) is -1.69. The van der Waals surface area contributed by atoms with Gasteiger partial charge in [0.25, 0.3) is 0 Å². The van der Waals surface area contributed by atoms with Crippen LogP contribution < -0.4 is 5.32 Å². The molecule has 146 valence electrons. The van der Waals surface area contributed by atoms with Gasteiger partial charge < -0.3 is 15.2 Å². The number of hydrogen-bond acceptors (Lipinski definition) is 4. The first-order valence-corrected chi connectivity index (χ1v) is 8.95. The number of carboxylic acids is 1. The van der Waals surface area contributed by atoms with Gasteiger partial charge in [-0.3, -0.25) is 9.69 Å². The Morgan fingerprint density at radius 2 is 1.61 bits per heavy atom. The number of likely N-dealkylation sites (N-methyl/N-ethyl adjacent to an activating group) is 1. The number of hydrogen-bond donors (Lipinski definition) is 2. The van der Waals surface area contributed by atoms with Crippen LogP contribution in [0.5, 0.6) is 0 Å². The van der Waals surface area contributed by atoms with Gasteiger partial charge in [-0.1, -0.05) is 48.5 Å². The highest BCUT2D eigenvalue weighted by Crippen LogP contribution is 2.44. The van der Waals surface area contributed by atoms with Crippen molar-refractivity contribution < 1.29 is 24.2 Å². The van der Waals surface area contributed by atoms with E-state index < -0.39 is 18.1 Å². The van der Waals surface area contributed by atoms with Crippen LogP contribution in [0, 0.1) is 0 Å². The summed E-state index contributed by atoms with van der Waals surface area (Å²) in [5, 5.41) is 11.8. The number of rotatable bonds is 6. The van der Waals surface area contributed by atoms with Crippen molar-refractivity contribution in [2.45, 2.75) is 18.9 Å². The predicted octanol–water partition coefficient (Wildman–Crippen LogP) is 2.46. The van der Waals surface area contributed by atoms with Gasteiger partial charge >= 0.3 is 12.1 Å². The molecule has 0 aliphatic heterocycles. The first-order chi connectivity index (χ1) is 13.4. The van der Waals surface area contributed by atoms with Crippen LogP contribution in [0.3, 0.4) is 0 Å². The molecule has 3 rings (SSSR count). The Kier molecular flexibility index (Phi) is 5.63. The second-order valence-corrected chi connectivity index (χ2v) is 6.71. The average Bonchev–Trinajstić information content (AvgIpc) is 2.99. The summed E-state index contributed by atoms with van der Waals surface area (Å²) >= 11 is 0. The van der Waals surface area contributed by atoms with Crippen LogP contribution in [0.15, 0.2) is 48.5 Å². The lowest BCUT2D eigenvalue weighted by molar-refractivity contribution is -0.142. The zero-order valence-electron chi connectivity index (χ0n) is 15.7. The summed E-state index contributed by atoms with van der Waals surface area (Å²) < 4.78 is 5.45. The maximum Gasteiger partial charge on any atom is 0.410 e. The van der Waals surface area contributed by atoms with Gasteiger partial charge in [-0.25, -0.2) is 9.59 Å². The molecule has 2 amide bonds. The molecule has 2 aromatic rings. The SMILES string of the molecule is CC(=O)NC[C@@H](C(=O)O)N(C)C(=O)OCC1c2ccccc2-c2ccccc21. The van der Waals surface area contributed by atoms with Crippen LogP contribution in [0.1, 0.15) is 24.0 Å². The Bertz CT molecular complexity index is 866. The third-order valence-corrected chi connectivity index (χ3v) is 4.92. The average molecular weight is 382 g/mol. The van der Waals surface area contributed by atoms with Gasteiger partial charge in [-0.2, -0.15) is 0 Å². The Morgan fingerprint density at radius 1 is 1.07 bits per heavy atom. The van der Waals surface area contributed by atoms with Gasteiger partial charge in [0.15, 0.2) is 0 Å². The molecule has 0 radical (unpaired) electrons. The van der Waals surface area contributed by atoms with Gasteiger partial charge in [-0.05, 0) is 22.3 Å². The molecule has 0 heterocycles. The number of nitrogens with one attached hydrogen (secondary N) is 1. The molecule has 0 aromatic heterocycles. The highest BCUT2D eigenvalue weighted by molar-refractivity contribution is 5.82. The standard InChI is InChI=1S/C21H22N2O5/c1-13(24)22-11-19(20(25)26)23(2)21(27)28-12-18-16-9-5-3-7-14(16)15-8-4-6-10-17(15)18/h3-10,18-19H,11-12H2,1-2H3,(H,22,24)(H,25,26)/t19-/m0/s1. The maximum absolute atomic E-state index is 12.4. The van der Waals surface area contributed by atoms with Crippen LogP contribution in [0.25, 0.3) is 11.1 Å². The molecule has 0 bridgehead atoms. The molecule has 0 fully saturated rings. The molecule has 28 heavy (non-hydrogen) atoms. The minimum atomic E-state index is -1.22. The molecule has 0 saturated carbocycles. The van der Waals surface area contributed by atoms with E-state index >= 15 is 0 Å². The molecular formula is C21H22N2O5. The number of amides is 2. The predicted molar refractivity (Wildman–Crippen MR) is 103 cm³/mol. The van der Waals surface area contributed by atoms with Crippen molar-refractivity contribution in [2.75, 3.05) is 20.2 Å². The summed E-state index contributed by atoms with van der Waals surface area (Å²) in [4.78, 5) is 35.9. The summed E-state index contributed by atoms with van der Waals surface area (Å²) in [5.41, 5.74) is 4.38. The third kappa shape index (κ3) is 3.83. The number of carbonyl (C=O) groups excluding carboxylic acids is 2. The fourth-order valence-corrected chi connectivity index (χ4v) is 3.45. The van der Waals surface area contributed by atoms with Gasteiger partial charge in [0, 0.05) is 26.4 Å². The quantitative estimate of drug-likeness (QED) is 0.800. The zero-order valence-corrected chi connectivity index (χ0v) is 15.7. The van der Waals surface area contributed by atoms with Gasteiger partial charge in [0.05, 0.1) is 0 Å². The van der Waals surface area contributed by atoms with E-state index in [9.17, 15) is 19.5 Å². The fraction of sp³-hybridized carbons (Fsp3) is 0.286. The first-order valence-electron chi connectivity index (χ1n) is 8.95. The Balaban J connectivity index is 1.72. The van der Waals surface area contributed by atoms with Crippen LogP contribution in [-0.2, 0) is 14.3 Å². The minimum absolute atomic E-state index is 0.101. The second kappa shape index (κ2) is 8.12. The summed E-state index contributed by atoms with van der Waals surface area (Å²) in [7, 11) is 1.35. The highest BCUT2D eigenvalue weighted by Gasteiger charge is 2.31. The number of ether oxygens (including phenoxy) is 1. The molecule has 0 spiro atoms. The van der Waals surface area contributed by atoms with E-state index in [4.69, 9.17) is 4.74 Å². The molecule has 2 aromatic carbocycles. The first kappa shape index (κ1) is 19.4. The fourth-order valence-electron chi connectivity index (χ4n) is 3.45. The number of aliphatic carboxylic acids is 1. The van der Waals surface area contributed by atoms with Crippen molar-refractivity contribution in [3.05, 3.63) is 59.7 Å². The lowest BCUT2D eigenvalue weighted by Gasteiger charge is -2.25. The topological polar surface area (TPSA) is 95.9 Å². The number of carboxylic acid groups (broad SMARTS) is 1. The summed E-state index contributed by atoms with van der Waals surface area (Å²) in [6.45, 7) is 1.20. The van der Waals surface area contributed by atoms with Crippen molar-refractivity contribution in [3.63, 3.8) is 0 Å². The Labute approximate surface area is 162 Å². The van der Waals surface area contributed by atoms with Crippen LogP contribution in [0.4, 0.5) is 4.79 Å². The van der Waals surface area contributed by atoms with Crippen molar-refractivity contribution >= 4 is 18.0 Å². The van der Waals surface area contributed by atoms with E-state index in [1.807, 2.05) is 48.5 Å². The molecule has 7 heteroatoms. The van der Waals surface area contributed by atoms with E-state index in [1.165, 1.54) is 14.0 Å². The van der Waals surface area contributed by atoms with E-state index in [2.05, 4.69) is 5.32 Å². The normalized spacial score (nSPS) is 13.2. The zero-order chi connectivity index (χ0) is 20.3. The van der Waals surface area contributed by atoms with E-state index in [1.54, 1.807) is 0 Å².